The van der Waals surface area contributed by atoms with E-state index in [4.69, 9.17) is 16.3 Å². The molecule has 1 aromatic heterocycles. The molecule has 1 aromatic carbocycles. The predicted octanol–water partition coefficient (Wildman–Crippen LogP) is 4.31. The van der Waals surface area contributed by atoms with Gasteiger partial charge in [0.2, 0.25) is 0 Å². The van der Waals surface area contributed by atoms with E-state index < -0.39 is 11.9 Å². The highest BCUT2D eigenvalue weighted by atomic mass is 35.5. The average Bonchev–Trinajstić information content (AvgIpc) is 2.86. The minimum Gasteiger partial charge on any atom is -0.452 e. The lowest BCUT2D eigenvalue weighted by Gasteiger charge is -2.09. The van der Waals surface area contributed by atoms with Crippen LogP contribution in [0.1, 0.15) is 36.2 Å². The first-order valence-electron chi connectivity index (χ1n) is 9.12. The molecule has 0 saturated carbocycles. The first kappa shape index (κ1) is 21.7. The number of aromatic nitrogens is 2. The molecule has 0 atom stereocenters. The molecule has 1 heterocycles. The molecule has 0 aliphatic rings. The monoisotopic (exact) mass is 403 g/mol. The van der Waals surface area contributed by atoms with E-state index in [2.05, 4.69) is 24.3 Å². The molecule has 0 bridgehead atoms. The van der Waals surface area contributed by atoms with Gasteiger partial charge in [-0.15, -0.1) is 0 Å². The summed E-state index contributed by atoms with van der Waals surface area (Å²) in [5.41, 5.74) is 4.14. The Morgan fingerprint density at radius 2 is 2.00 bits per heavy atom. The maximum Gasteiger partial charge on any atom is 0.331 e. The van der Waals surface area contributed by atoms with Crippen molar-refractivity contribution in [3.8, 4) is 0 Å². The number of carbonyl (C=O) groups is 2. The zero-order valence-electron chi connectivity index (χ0n) is 16.9. The van der Waals surface area contributed by atoms with Crippen LogP contribution in [-0.4, -0.2) is 28.3 Å². The summed E-state index contributed by atoms with van der Waals surface area (Å²) in [6.07, 6.45) is 2.81. The van der Waals surface area contributed by atoms with E-state index >= 15 is 0 Å². The van der Waals surface area contributed by atoms with Gasteiger partial charge in [-0.05, 0) is 44.4 Å². The molecule has 0 spiro atoms. The number of carbonyl (C=O) groups excluding carboxylic acids is 2. The molecule has 0 unspecified atom stereocenters. The van der Waals surface area contributed by atoms with Crippen molar-refractivity contribution >= 4 is 35.2 Å². The van der Waals surface area contributed by atoms with Gasteiger partial charge in [0.25, 0.3) is 5.91 Å². The van der Waals surface area contributed by atoms with Crippen LogP contribution in [-0.2, 0) is 20.9 Å². The second-order valence-corrected chi connectivity index (χ2v) is 7.53. The molecule has 1 N–H and O–H groups in total. The quantitative estimate of drug-likeness (QED) is 0.552. The summed E-state index contributed by atoms with van der Waals surface area (Å²) in [5, 5.41) is 7.59. The highest BCUT2D eigenvalue weighted by molar-refractivity contribution is 6.31. The molecule has 0 aliphatic heterocycles. The largest absolute Gasteiger partial charge is 0.452 e. The van der Waals surface area contributed by atoms with Crippen molar-refractivity contribution in [1.82, 2.24) is 9.78 Å². The summed E-state index contributed by atoms with van der Waals surface area (Å²) in [7, 11) is 0. The summed E-state index contributed by atoms with van der Waals surface area (Å²) in [6, 6.07) is 5.70. The normalized spacial score (nSPS) is 11.2. The smallest absolute Gasteiger partial charge is 0.331 e. The van der Waals surface area contributed by atoms with Crippen LogP contribution >= 0.6 is 11.6 Å². The zero-order chi connectivity index (χ0) is 20.8. The van der Waals surface area contributed by atoms with Gasteiger partial charge >= 0.3 is 5.97 Å². The Balaban J connectivity index is 1.91. The Morgan fingerprint density at radius 1 is 1.29 bits per heavy atom. The molecule has 0 fully saturated rings. The number of halogens is 1. The van der Waals surface area contributed by atoms with Crippen LogP contribution in [0.15, 0.2) is 24.3 Å². The fourth-order valence-corrected chi connectivity index (χ4v) is 3.01. The first-order valence-corrected chi connectivity index (χ1v) is 9.50. The maximum absolute atomic E-state index is 12.0. The van der Waals surface area contributed by atoms with E-state index in [9.17, 15) is 9.59 Å². The van der Waals surface area contributed by atoms with E-state index in [-0.39, 0.29) is 6.61 Å². The SMILES string of the molecule is Cc1ccc(NC(=O)COC(=O)/C=C/c2c(C)nn(CC(C)C)c2Cl)c(C)c1. The third kappa shape index (κ3) is 5.96. The van der Waals surface area contributed by atoms with Crippen LogP contribution in [0.4, 0.5) is 5.69 Å². The van der Waals surface area contributed by atoms with Crippen molar-refractivity contribution in [3.63, 3.8) is 0 Å². The minimum absolute atomic E-state index is 0.365. The van der Waals surface area contributed by atoms with Crippen molar-refractivity contribution in [1.29, 1.82) is 0 Å². The van der Waals surface area contributed by atoms with Crippen molar-refractivity contribution in [2.45, 2.75) is 41.2 Å². The second-order valence-electron chi connectivity index (χ2n) is 7.17. The lowest BCUT2D eigenvalue weighted by atomic mass is 10.1. The van der Waals surface area contributed by atoms with Crippen molar-refractivity contribution in [2.24, 2.45) is 5.92 Å². The van der Waals surface area contributed by atoms with E-state index in [1.807, 2.05) is 39.0 Å². The van der Waals surface area contributed by atoms with E-state index in [1.54, 1.807) is 10.8 Å². The van der Waals surface area contributed by atoms with Crippen LogP contribution in [0, 0.1) is 26.7 Å². The van der Waals surface area contributed by atoms with Gasteiger partial charge in [-0.3, -0.25) is 9.48 Å². The van der Waals surface area contributed by atoms with Gasteiger partial charge in [0, 0.05) is 23.9 Å². The summed E-state index contributed by atoms with van der Waals surface area (Å²) < 4.78 is 6.72. The van der Waals surface area contributed by atoms with Crippen molar-refractivity contribution in [3.05, 3.63) is 51.8 Å². The van der Waals surface area contributed by atoms with Crippen molar-refractivity contribution in [2.75, 3.05) is 11.9 Å². The van der Waals surface area contributed by atoms with E-state index in [1.165, 1.54) is 6.08 Å². The Labute approximate surface area is 170 Å². The van der Waals surface area contributed by atoms with Crippen molar-refractivity contribution < 1.29 is 14.3 Å². The maximum atomic E-state index is 12.0. The third-order valence-electron chi connectivity index (χ3n) is 4.04. The van der Waals surface area contributed by atoms with Crippen LogP contribution in [0.5, 0.6) is 0 Å². The number of nitrogens with one attached hydrogen (secondary N) is 1. The Bertz CT molecular complexity index is 901. The topological polar surface area (TPSA) is 73.2 Å². The second kappa shape index (κ2) is 9.55. The summed E-state index contributed by atoms with van der Waals surface area (Å²) in [6.45, 7) is 10.2. The van der Waals surface area contributed by atoms with Gasteiger partial charge < -0.3 is 10.1 Å². The van der Waals surface area contributed by atoms with Gasteiger partial charge in [-0.25, -0.2) is 4.79 Å². The highest BCUT2D eigenvalue weighted by Gasteiger charge is 2.13. The number of hydrogen-bond acceptors (Lipinski definition) is 4. The van der Waals surface area contributed by atoms with Gasteiger partial charge in [0.05, 0.1) is 5.69 Å². The number of anilines is 1. The fraction of sp³-hybridized carbons (Fsp3) is 0.381. The van der Waals surface area contributed by atoms with Gasteiger partial charge in [0.1, 0.15) is 5.15 Å². The lowest BCUT2D eigenvalue weighted by Crippen LogP contribution is -2.20. The highest BCUT2D eigenvalue weighted by Crippen LogP contribution is 2.22. The molecule has 2 rings (SSSR count). The molecule has 2 aromatic rings. The Kier molecular flexibility index (Phi) is 7.40. The first-order chi connectivity index (χ1) is 13.2. The van der Waals surface area contributed by atoms with Gasteiger partial charge in [0.15, 0.2) is 6.61 Å². The van der Waals surface area contributed by atoms with E-state index in [0.717, 1.165) is 16.8 Å². The predicted molar refractivity (Wildman–Crippen MR) is 111 cm³/mol. The fourth-order valence-electron chi connectivity index (χ4n) is 2.70. The molecule has 0 radical (unpaired) electrons. The molecule has 0 aliphatic carbocycles. The molecule has 1 amide bonds. The summed E-state index contributed by atoms with van der Waals surface area (Å²) in [4.78, 5) is 23.9. The van der Waals surface area contributed by atoms with Crippen LogP contribution < -0.4 is 5.32 Å². The summed E-state index contributed by atoms with van der Waals surface area (Å²) >= 11 is 6.33. The number of ether oxygens (including phenoxy) is 1. The molecule has 6 nitrogen and oxygen atoms in total. The lowest BCUT2D eigenvalue weighted by molar-refractivity contribution is -0.142. The number of esters is 1. The molecular weight excluding hydrogens is 378 g/mol. The number of rotatable bonds is 7. The Morgan fingerprint density at radius 3 is 2.64 bits per heavy atom. The zero-order valence-corrected chi connectivity index (χ0v) is 17.6. The Hall–Kier alpha value is -2.60. The van der Waals surface area contributed by atoms with Crippen LogP contribution in [0.25, 0.3) is 6.08 Å². The molecule has 28 heavy (non-hydrogen) atoms. The standard InChI is InChI=1S/C21H26ClN3O3/c1-13(2)11-25-21(22)17(16(5)24-25)7-9-20(27)28-12-19(26)23-18-8-6-14(3)10-15(18)4/h6-10,13H,11-12H2,1-5H3,(H,23,26)/b9-7+. The van der Waals surface area contributed by atoms with E-state index in [0.29, 0.717) is 28.9 Å². The summed E-state index contributed by atoms with van der Waals surface area (Å²) in [5.74, 6) is -0.621. The number of amides is 1. The molecular formula is C21H26ClN3O3. The third-order valence-corrected chi connectivity index (χ3v) is 4.43. The molecule has 0 saturated heterocycles. The number of hydrogen-bond donors (Lipinski definition) is 1. The average molecular weight is 404 g/mol. The molecule has 7 heteroatoms. The number of benzene rings is 1. The van der Waals surface area contributed by atoms with Crippen LogP contribution in [0.2, 0.25) is 5.15 Å². The number of aryl methyl sites for hydroxylation is 3. The minimum atomic E-state index is -0.622. The number of nitrogens with zero attached hydrogens (tertiary/aromatic N) is 2. The van der Waals surface area contributed by atoms with Gasteiger partial charge in [-0.2, -0.15) is 5.10 Å². The van der Waals surface area contributed by atoms with Gasteiger partial charge in [-0.1, -0.05) is 43.1 Å². The molecule has 150 valence electrons. The van der Waals surface area contributed by atoms with Crippen LogP contribution in [0.3, 0.4) is 0 Å².